The molecular formula is C20H20B3F2N7OS. The molecule has 3 heterocycles. The fourth-order valence-corrected chi connectivity index (χ4v) is 4.65. The Morgan fingerprint density at radius 3 is 2.65 bits per heavy atom. The van der Waals surface area contributed by atoms with Crippen molar-refractivity contribution in [3.8, 4) is 10.6 Å². The van der Waals surface area contributed by atoms with Gasteiger partial charge < -0.3 is 9.80 Å². The van der Waals surface area contributed by atoms with Gasteiger partial charge in [0.25, 0.3) is 6.43 Å². The number of likely N-dealkylation sites (tertiary alicyclic amines) is 1. The van der Waals surface area contributed by atoms with Crippen LogP contribution < -0.4 is 5.32 Å². The highest BCUT2D eigenvalue weighted by Crippen LogP contribution is 2.26. The third kappa shape index (κ3) is 5.72. The van der Waals surface area contributed by atoms with E-state index in [9.17, 15) is 13.6 Å². The molecule has 14 heteroatoms. The second-order valence-corrected chi connectivity index (χ2v) is 9.35. The van der Waals surface area contributed by atoms with Gasteiger partial charge in [0.2, 0.25) is 5.95 Å². The molecule has 1 fully saturated rings. The summed E-state index contributed by atoms with van der Waals surface area (Å²) in [6.45, 7) is 1.89. The molecule has 0 saturated carbocycles. The highest BCUT2D eigenvalue weighted by molar-refractivity contribution is 7.14. The first-order chi connectivity index (χ1) is 16.1. The molecule has 1 saturated heterocycles. The molecule has 3 aromatic rings. The number of carbonyl (C=O) groups is 1. The minimum atomic E-state index is -2.63. The number of rotatable bonds is 6. The minimum absolute atomic E-state index is 0.162. The Hall–Kier alpha value is -2.60. The summed E-state index contributed by atoms with van der Waals surface area (Å²) in [4.78, 5) is 24.2. The predicted octanol–water partition coefficient (Wildman–Crippen LogP) is 2.14. The number of alkyl halides is 2. The van der Waals surface area contributed by atoms with Crippen molar-refractivity contribution in [2.75, 3.05) is 25.0 Å². The molecule has 1 N–H and O–H groups in total. The number of amides is 2. The molecule has 0 atom stereocenters. The second kappa shape index (κ2) is 9.95. The number of halogens is 2. The molecule has 0 unspecified atom stereocenters. The van der Waals surface area contributed by atoms with Gasteiger partial charge in [-0.05, 0) is 25.8 Å². The zero-order chi connectivity index (χ0) is 24.5. The van der Waals surface area contributed by atoms with Crippen molar-refractivity contribution >= 4 is 57.8 Å². The van der Waals surface area contributed by atoms with Gasteiger partial charge in [-0.3, -0.25) is 5.32 Å². The highest BCUT2D eigenvalue weighted by atomic mass is 32.1. The van der Waals surface area contributed by atoms with Crippen molar-refractivity contribution in [1.82, 2.24) is 30.0 Å². The number of fused-ring (bicyclic) bond motifs is 1. The van der Waals surface area contributed by atoms with Crippen LogP contribution in [0, 0.1) is 6.92 Å². The van der Waals surface area contributed by atoms with E-state index in [2.05, 4.69) is 25.5 Å². The van der Waals surface area contributed by atoms with Crippen LogP contribution in [0.3, 0.4) is 0 Å². The van der Waals surface area contributed by atoms with Crippen LogP contribution in [0.5, 0.6) is 0 Å². The molecule has 34 heavy (non-hydrogen) atoms. The lowest BCUT2D eigenvalue weighted by molar-refractivity contribution is 0.0443. The first kappa shape index (κ1) is 24.5. The van der Waals surface area contributed by atoms with Crippen LogP contribution in [-0.4, -0.2) is 96.9 Å². The zero-order valence-corrected chi connectivity index (χ0v) is 19.3. The number of aromatic nitrogens is 4. The molecule has 1 aliphatic heterocycles. The SMILES string of the molecule is [B]C([B])([B])N(CC(F)F)C1CCN(C(=O)Nc2ncc3ccc(-c4nnc(C)s4)cc3n2)CC1. The van der Waals surface area contributed by atoms with Crippen molar-refractivity contribution < 1.29 is 13.6 Å². The monoisotopic (exact) mass is 477 g/mol. The van der Waals surface area contributed by atoms with E-state index in [1.54, 1.807) is 11.1 Å². The molecule has 0 bridgehead atoms. The maximum Gasteiger partial charge on any atom is 0.324 e. The molecule has 6 radical (unpaired) electrons. The number of hydrogen-bond donors (Lipinski definition) is 1. The van der Waals surface area contributed by atoms with Gasteiger partial charge in [-0.25, -0.2) is 23.5 Å². The Balaban J connectivity index is 1.41. The number of nitrogens with one attached hydrogen (secondary N) is 1. The number of piperidine rings is 1. The number of urea groups is 1. The number of nitrogens with zero attached hydrogens (tertiary/aromatic N) is 6. The van der Waals surface area contributed by atoms with Crippen LogP contribution >= 0.6 is 11.3 Å². The van der Waals surface area contributed by atoms with Crippen molar-refractivity contribution in [2.45, 2.75) is 37.5 Å². The Bertz CT molecular complexity index is 1170. The summed E-state index contributed by atoms with van der Waals surface area (Å²) in [6.07, 6.45) is -0.198. The number of anilines is 1. The van der Waals surface area contributed by atoms with E-state index in [1.807, 2.05) is 25.1 Å². The van der Waals surface area contributed by atoms with E-state index >= 15 is 0 Å². The van der Waals surface area contributed by atoms with E-state index in [4.69, 9.17) is 23.5 Å². The van der Waals surface area contributed by atoms with Gasteiger partial charge in [-0.15, -0.1) is 10.2 Å². The van der Waals surface area contributed by atoms with Crippen molar-refractivity contribution in [1.29, 1.82) is 0 Å². The summed E-state index contributed by atoms with van der Waals surface area (Å²) in [7, 11) is 17.0. The van der Waals surface area contributed by atoms with Gasteiger partial charge in [-0.1, -0.05) is 28.7 Å². The maximum atomic E-state index is 12.9. The minimum Gasteiger partial charge on any atom is -0.324 e. The topological polar surface area (TPSA) is 87.1 Å². The summed E-state index contributed by atoms with van der Waals surface area (Å²) in [6, 6.07) is 4.93. The van der Waals surface area contributed by atoms with E-state index < -0.39 is 18.2 Å². The number of carbonyl (C=O) groups excluding carboxylic acids is 1. The predicted molar refractivity (Wildman–Crippen MR) is 129 cm³/mol. The first-order valence-electron chi connectivity index (χ1n) is 10.6. The maximum absolute atomic E-state index is 12.9. The second-order valence-electron chi connectivity index (χ2n) is 8.17. The molecule has 0 spiro atoms. The van der Waals surface area contributed by atoms with E-state index in [0.29, 0.717) is 31.4 Å². The van der Waals surface area contributed by atoms with Crippen LogP contribution in [0.2, 0.25) is 0 Å². The number of hydrogen-bond acceptors (Lipinski definition) is 7. The van der Waals surface area contributed by atoms with Gasteiger partial charge >= 0.3 is 6.03 Å². The van der Waals surface area contributed by atoms with Crippen LogP contribution in [0.4, 0.5) is 19.5 Å². The molecule has 1 aromatic carbocycles. The fraction of sp³-hybridized carbons (Fsp3) is 0.450. The summed E-state index contributed by atoms with van der Waals surface area (Å²) >= 11 is 1.48. The van der Waals surface area contributed by atoms with E-state index in [1.165, 1.54) is 16.2 Å². The average Bonchev–Trinajstić information content (AvgIpc) is 3.22. The molecule has 4 rings (SSSR count). The standard InChI is InChI=1S/C20H20B3F2N7OS/c1-11-29-30-17(34-11)12-2-3-13-9-26-18(27-15(13)8-12)28-19(33)31-6-4-14(5-7-31)32(10-16(24)25)20(21,22)23/h2-3,8-9,14,16H,4-7,10H2,1H3,(H,26,27,28,33). The quantitative estimate of drug-likeness (QED) is 0.548. The van der Waals surface area contributed by atoms with Gasteiger partial charge in [0.15, 0.2) is 0 Å². The number of aryl methyl sites for hydroxylation is 1. The van der Waals surface area contributed by atoms with Gasteiger partial charge in [0, 0.05) is 36.3 Å². The molecule has 0 aliphatic carbocycles. The summed E-state index contributed by atoms with van der Waals surface area (Å²) in [5.74, 6) is 0.162. The zero-order valence-electron chi connectivity index (χ0n) is 18.5. The summed E-state index contributed by atoms with van der Waals surface area (Å²) in [5.41, 5.74) is 1.53. The normalized spacial score (nSPS) is 15.4. The van der Waals surface area contributed by atoms with Crippen LogP contribution in [-0.2, 0) is 0 Å². The van der Waals surface area contributed by atoms with Crippen molar-refractivity contribution in [3.63, 3.8) is 0 Å². The van der Waals surface area contributed by atoms with Crippen LogP contribution in [0.1, 0.15) is 17.8 Å². The third-order valence-electron chi connectivity index (χ3n) is 5.60. The Labute approximate surface area is 203 Å². The molecule has 2 amide bonds. The van der Waals surface area contributed by atoms with Crippen molar-refractivity contribution in [2.24, 2.45) is 0 Å². The third-order valence-corrected chi connectivity index (χ3v) is 6.49. The molecular weight excluding hydrogens is 457 g/mol. The largest absolute Gasteiger partial charge is 0.324 e. The van der Waals surface area contributed by atoms with Gasteiger partial charge in [-0.2, -0.15) is 0 Å². The summed E-state index contributed by atoms with van der Waals surface area (Å²) in [5, 5.41) is 11.5. The smallest absolute Gasteiger partial charge is 0.324 e. The van der Waals surface area contributed by atoms with Gasteiger partial charge in [0.1, 0.15) is 10.0 Å². The lowest BCUT2D eigenvalue weighted by atomic mass is 9.48. The molecule has 170 valence electrons. The van der Waals surface area contributed by atoms with E-state index in [-0.39, 0.29) is 18.0 Å². The highest BCUT2D eigenvalue weighted by Gasteiger charge is 2.33. The Kier molecular flexibility index (Phi) is 7.18. The Morgan fingerprint density at radius 2 is 2.03 bits per heavy atom. The number of benzene rings is 1. The molecule has 1 aliphatic rings. The molecule has 2 aromatic heterocycles. The van der Waals surface area contributed by atoms with Crippen LogP contribution in [0.25, 0.3) is 21.5 Å². The molecule has 8 nitrogen and oxygen atoms in total. The van der Waals surface area contributed by atoms with Crippen LogP contribution in [0.15, 0.2) is 24.4 Å². The van der Waals surface area contributed by atoms with Crippen molar-refractivity contribution in [3.05, 3.63) is 29.4 Å². The van der Waals surface area contributed by atoms with E-state index in [0.717, 1.165) is 21.0 Å². The van der Waals surface area contributed by atoms with Gasteiger partial charge in [0.05, 0.1) is 35.6 Å². The summed E-state index contributed by atoms with van der Waals surface area (Å²) < 4.78 is 25.9. The Morgan fingerprint density at radius 1 is 1.29 bits per heavy atom. The lowest BCUT2D eigenvalue weighted by Gasteiger charge is -2.46. The first-order valence-corrected chi connectivity index (χ1v) is 11.5. The average molecular weight is 477 g/mol. The fourth-order valence-electron chi connectivity index (χ4n) is 3.96. The lowest BCUT2D eigenvalue weighted by Crippen LogP contribution is -2.59.